The van der Waals surface area contributed by atoms with Gasteiger partial charge in [0.15, 0.2) is 0 Å². The number of carboxylic acid groups (broad SMARTS) is 1. The Labute approximate surface area is 103 Å². The van der Waals surface area contributed by atoms with Crippen LogP contribution in [-0.2, 0) is 0 Å². The SMILES string of the molecule is Cc1cccc(Nc2snc(C)c2C(=O)O)c1. The molecule has 17 heavy (non-hydrogen) atoms. The highest BCUT2D eigenvalue weighted by Gasteiger charge is 2.17. The second-order valence-corrected chi connectivity index (χ2v) is 4.55. The van der Waals surface area contributed by atoms with E-state index >= 15 is 0 Å². The van der Waals surface area contributed by atoms with Crippen molar-refractivity contribution in [1.29, 1.82) is 0 Å². The van der Waals surface area contributed by atoms with Gasteiger partial charge in [0.25, 0.3) is 0 Å². The fourth-order valence-electron chi connectivity index (χ4n) is 1.56. The number of aromatic carboxylic acids is 1. The van der Waals surface area contributed by atoms with E-state index in [9.17, 15) is 4.79 Å². The van der Waals surface area contributed by atoms with E-state index in [0.29, 0.717) is 10.7 Å². The fraction of sp³-hybridized carbons (Fsp3) is 0.167. The quantitative estimate of drug-likeness (QED) is 0.875. The smallest absolute Gasteiger partial charge is 0.340 e. The molecule has 0 saturated carbocycles. The van der Waals surface area contributed by atoms with Gasteiger partial charge in [-0.3, -0.25) is 0 Å². The maximum Gasteiger partial charge on any atom is 0.340 e. The Morgan fingerprint density at radius 1 is 1.41 bits per heavy atom. The predicted octanol–water partition coefficient (Wildman–Crippen LogP) is 3.20. The Morgan fingerprint density at radius 2 is 2.18 bits per heavy atom. The molecule has 2 aromatic rings. The molecule has 0 radical (unpaired) electrons. The van der Waals surface area contributed by atoms with E-state index in [0.717, 1.165) is 22.8 Å². The lowest BCUT2D eigenvalue weighted by Crippen LogP contribution is -2.01. The molecule has 5 heteroatoms. The summed E-state index contributed by atoms with van der Waals surface area (Å²) < 4.78 is 4.05. The number of hydrogen-bond acceptors (Lipinski definition) is 4. The van der Waals surface area contributed by atoms with Crippen molar-refractivity contribution >= 4 is 28.2 Å². The highest BCUT2D eigenvalue weighted by atomic mass is 32.1. The molecule has 88 valence electrons. The molecule has 0 saturated heterocycles. The van der Waals surface area contributed by atoms with Crippen LogP contribution in [0.2, 0.25) is 0 Å². The lowest BCUT2D eigenvalue weighted by molar-refractivity contribution is 0.0697. The topological polar surface area (TPSA) is 62.2 Å². The first-order chi connectivity index (χ1) is 8.08. The lowest BCUT2D eigenvalue weighted by atomic mass is 10.2. The zero-order chi connectivity index (χ0) is 12.4. The Balaban J connectivity index is 2.33. The molecule has 0 amide bonds. The fourth-order valence-corrected chi connectivity index (χ4v) is 2.37. The van der Waals surface area contributed by atoms with Gasteiger partial charge in [-0.05, 0) is 43.1 Å². The summed E-state index contributed by atoms with van der Waals surface area (Å²) in [6.45, 7) is 3.68. The number of carbonyl (C=O) groups is 1. The van der Waals surface area contributed by atoms with Gasteiger partial charge in [-0.1, -0.05) is 12.1 Å². The van der Waals surface area contributed by atoms with Crippen LogP contribution in [0, 0.1) is 13.8 Å². The van der Waals surface area contributed by atoms with Crippen molar-refractivity contribution < 1.29 is 9.90 Å². The van der Waals surface area contributed by atoms with Crippen LogP contribution in [0.5, 0.6) is 0 Å². The third kappa shape index (κ3) is 2.45. The van der Waals surface area contributed by atoms with Crippen LogP contribution in [0.4, 0.5) is 10.7 Å². The summed E-state index contributed by atoms with van der Waals surface area (Å²) in [5.41, 5.74) is 2.78. The van der Waals surface area contributed by atoms with Gasteiger partial charge in [0.2, 0.25) is 0 Å². The molecule has 0 aliphatic heterocycles. The van der Waals surface area contributed by atoms with E-state index in [1.807, 2.05) is 31.2 Å². The van der Waals surface area contributed by atoms with Gasteiger partial charge < -0.3 is 10.4 Å². The van der Waals surface area contributed by atoms with Crippen molar-refractivity contribution in [1.82, 2.24) is 4.37 Å². The number of aromatic nitrogens is 1. The molecule has 1 aromatic carbocycles. The van der Waals surface area contributed by atoms with E-state index in [-0.39, 0.29) is 5.56 Å². The average molecular weight is 248 g/mol. The molecule has 0 atom stereocenters. The molecule has 0 bridgehead atoms. The predicted molar refractivity (Wildman–Crippen MR) is 68.3 cm³/mol. The molecule has 0 spiro atoms. The van der Waals surface area contributed by atoms with Gasteiger partial charge in [-0.2, -0.15) is 4.37 Å². The van der Waals surface area contributed by atoms with Crippen LogP contribution >= 0.6 is 11.5 Å². The Morgan fingerprint density at radius 3 is 2.82 bits per heavy atom. The molecule has 0 unspecified atom stereocenters. The van der Waals surface area contributed by atoms with E-state index < -0.39 is 5.97 Å². The largest absolute Gasteiger partial charge is 0.478 e. The van der Waals surface area contributed by atoms with Gasteiger partial charge in [0.1, 0.15) is 10.6 Å². The second kappa shape index (κ2) is 4.55. The Bertz CT molecular complexity index is 563. The number of nitrogens with one attached hydrogen (secondary N) is 1. The average Bonchev–Trinajstić information content (AvgIpc) is 2.59. The first-order valence-corrected chi connectivity index (χ1v) is 5.88. The van der Waals surface area contributed by atoms with Crippen molar-refractivity contribution in [3.8, 4) is 0 Å². The minimum absolute atomic E-state index is 0.247. The number of hydrogen-bond donors (Lipinski definition) is 2. The van der Waals surface area contributed by atoms with Crippen molar-refractivity contribution in [3.63, 3.8) is 0 Å². The Kier molecular flexibility index (Phi) is 3.10. The van der Waals surface area contributed by atoms with E-state index in [2.05, 4.69) is 9.69 Å². The van der Waals surface area contributed by atoms with Gasteiger partial charge in [-0.25, -0.2) is 4.79 Å². The van der Waals surface area contributed by atoms with Gasteiger partial charge in [0.05, 0.1) is 5.69 Å². The summed E-state index contributed by atoms with van der Waals surface area (Å²) >= 11 is 1.16. The summed E-state index contributed by atoms with van der Waals surface area (Å²) in [6.07, 6.45) is 0. The van der Waals surface area contributed by atoms with Crippen LogP contribution in [0.15, 0.2) is 24.3 Å². The first kappa shape index (κ1) is 11.6. The van der Waals surface area contributed by atoms with Crippen LogP contribution in [0.25, 0.3) is 0 Å². The third-order valence-electron chi connectivity index (χ3n) is 2.35. The van der Waals surface area contributed by atoms with Gasteiger partial charge >= 0.3 is 5.97 Å². The maximum atomic E-state index is 11.1. The number of benzene rings is 1. The molecule has 4 nitrogen and oxygen atoms in total. The second-order valence-electron chi connectivity index (χ2n) is 3.77. The standard InChI is InChI=1S/C12H12N2O2S/c1-7-4-3-5-9(6-7)13-11-10(12(15)16)8(2)14-17-11/h3-6,13H,1-2H3,(H,15,16). The summed E-state index contributed by atoms with van der Waals surface area (Å²) in [4.78, 5) is 11.1. The van der Waals surface area contributed by atoms with Crippen LogP contribution in [0.1, 0.15) is 21.6 Å². The van der Waals surface area contributed by atoms with Crippen LogP contribution in [-0.4, -0.2) is 15.4 Å². The summed E-state index contributed by atoms with van der Waals surface area (Å²) in [7, 11) is 0. The highest BCUT2D eigenvalue weighted by Crippen LogP contribution is 2.28. The minimum Gasteiger partial charge on any atom is -0.478 e. The van der Waals surface area contributed by atoms with Crippen LogP contribution < -0.4 is 5.32 Å². The van der Waals surface area contributed by atoms with Gasteiger partial charge in [-0.15, -0.1) is 0 Å². The molecular weight excluding hydrogens is 236 g/mol. The lowest BCUT2D eigenvalue weighted by Gasteiger charge is -2.05. The molecular formula is C12H12N2O2S. The monoisotopic (exact) mass is 248 g/mol. The summed E-state index contributed by atoms with van der Waals surface area (Å²) in [6, 6.07) is 7.77. The molecule has 0 fully saturated rings. The van der Waals surface area contributed by atoms with Gasteiger partial charge in [0, 0.05) is 5.69 Å². The van der Waals surface area contributed by atoms with Crippen molar-refractivity contribution in [2.45, 2.75) is 13.8 Å². The molecule has 1 aromatic heterocycles. The number of anilines is 2. The first-order valence-electron chi connectivity index (χ1n) is 5.11. The third-order valence-corrected chi connectivity index (χ3v) is 3.21. The summed E-state index contributed by atoms with van der Waals surface area (Å²) in [5, 5.41) is 12.8. The minimum atomic E-state index is -0.952. The van der Waals surface area contributed by atoms with E-state index in [1.54, 1.807) is 6.92 Å². The van der Waals surface area contributed by atoms with Crippen molar-refractivity contribution in [2.75, 3.05) is 5.32 Å². The molecule has 0 aliphatic rings. The highest BCUT2D eigenvalue weighted by molar-refractivity contribution is 7.10. The van der Waals surface area contributed by atoms with E-state index in [4.69, 9.17) is 5.11 Å². The maximum absolute atomic E-state index is 11.1. The zero-order valence-electron chi connectivity index (χ0n) is 9.52. The zero-order valence-corrected chi connectivity index (χ0v) is 10.3. The number of carboxylic acids is 1. The van der Waals surface area contributed by atoms with E-state index in [1.165, 1.54) is 0 Å². The molecule has 1 heterocycles. The molecule has 0 aliphatic carbocycles. The van der Waals surface area contributed by atoms with Crippen LogP contribution in [0.3, 0.4) is 0 Å². The number of nitrogens with zero attached hydrogens (tertiary/aromatic N) is 1. The molecule has 2 rings (SSSR count). The van der Waals surface area contributed by atoms with Crippen molar-refractivity contribution in [3.05, 3.63) is 41.1 Å². The van der Waals surface area contributed by atoms with Crippen molar-refractivity contribution in [2.24, 2.45) is 0 Å². The number of aryl methyl sites for hydroxylation is 2. The normalized spacial score (nSPS) is 10.2. The Hall–Kier alpha value is -1.88. The number of rotatable bonds is 3. The molecule has 2 N–H and O–H groups in total. The summed E-state index contributed by atoms with van der Waals surface area (Å²) in [5.74, 6) is -0.952.